The first-order chi connectivity index (χ1) is 17.3. The normalized spacial score (nSPS) is 27.4. The van der Waals surface area contributed by atoms with Gasteiger partial charge in [0.2, 0.25) is 0 Å². The average Bonchev–Trinajstić information content (AvgIpc) is 3.11. The topological polar surface area (TPSA) is 38.8 Å². The number of allylic oxidation sites excluding steroid dienone is 2. The van der Waals surface area contributed by atoms with Crippen LogP contribution in [0, 0.1) is 11.3 Å². The molecule has 0 bridgehead atoms. The standard InChI is InChI=1S/C33H47NO3/c1-31(2,3)36-29-15-14-27-21-25(17-19-33(27,29)7)28-18-20-34(22-24-11-9-8-10-12-24)23-26(28)13-16-30(35)37-32(4,5)6/h8-13,16,21,27,29H,14-15,17-20,22-23H2,1-7H3/b16-13+/t27-,29+,33+/m1/s1. The largest absolute Gasteiger partial charge is 0.457 e. The number of rotatable bonds is 6. The number of benzene rings is 1. The Morgan fingerprint density at radius 2 is 1.78 bits per heavy atom. The third kappa shape index (κ3) is 7.23. The molecule has 0 unspecified atom stereocenters. The minimum atomic E-state index is -0.491. The van der Waals surface area contributed by atoms with Crippen LogP contribution in [-0.4, -0.2) is 41.3 Å². The summed E-state index contributed by atoms with van der Waals surface area (Å²) in [6.07, 6.45) is 12.1. The first kappa shape index (κ1) is 27.9. The van der Waals surface area contributed by atoms with Gasteiger partial charge in [-0.25, -0.2) is 4.79 Å². The van der Waals surface area contributed by atoms with Gasteiger partial charge in [-0.15, -0.1) is 0 Å². The average molecular weight is 506 g/mol. The van der Waals surface area contributed by atoms with E-state index in [9.17, 15) is 4.79 Å². The van der Waals surface area contributed by atoms with Gasteiger partial charge in [-0.3, -0.25) is 4.90 Å². The first-order valence-electron chi connectivity index (χ1n) is 14.1. The molecule has 0 aromatic heterocycles. The van der Waals surface area contributed by atoms with Crippen molar-refractivity contribution in [3.63, 3.8) is 0 Å². The molecule has 1 aliphatic heterocycles. The fourth-order valence-corrected chi connectivity index (χ4v) is 6.30. The minimum Gasteiger partial charge on any atom is -0.457 e. The second-order valence-electron chi connectivity index (χ2n) is 13.4. The zero-order valence-electron chi connectivity index (χ0n) is 24.1. The highest BCUT2D eigenvalue weighted by Gasteiger charge is 2.49. The Bertz CT molecular complexity index is 1050. The van der Waals surface area contributed by atoms with Crippen LogP contribution in [0.1, 0.15) is 86.1 Å². The van der Waals surface area contributed by atoms with E-state index in [1.807, 2.05) is 26.8 Å². The number of carbonyl (C=O) groups is 1. The Hall–Kier alpha value is -2.17. The number of carbonyl (C=O) groups excluding carboxylic acids is 1. The summed E-state index contributed by atoms with van der Waals surface area (Å²) in [5.41, 5.74) is 5.11. The van der Waals surface area contributed by atoms with Gasteiger partial charge in [-0.2, -0.15) is 0 Å². The number of hydrogen-bond donors (Lipinski definition) is 0. The van der Waals surface area contributed by atoms with Gasteiger partial charge in [0.15, 0.2) is 0 Å². The van der Waals surface area contributed by atoms with E-state index in [0.29, 0.717) is 12.0 Å². The lowest BCUT2D eigenvalue weighted by molar-refractivity contribution is -0.148. The van der Waals surface area contributed by atoms with E-state index in [0.717, 1.165) is 45.3 Å². The highest BCUT2D eigenvalue weighted by Crippen LogP contribution is 2.54. The van der Waals surface area contributed by atoms with Gasteiger partial charge in [-0.1, -0.05) is 49.4 Å². The summed E-state index contributed by atoms with van der Waals surface area (Å²) in [5.74, 6) is 0.275. The Labute approximate surface area is 224 Å². The van der Waals surface area contributed by atoms with Crippen molar-refractivity contribution in [3.8, 4) is 0 Å². The van der Waals surface area contributed by atoms with Crippen molar-refractivity contribution in [2.45, 2.75) is 104 Å². The molecule has 4 heteroatoms. The zero-order chi connectivity index (χ0) is 26.8. The Morgan fingerprint density at radius 3 is 2.46 bits per heavy atom. The van der Waals surface area contributed by atoms with Crippen molar-refractivity contribution in [3.05, 3.63) is 70.8 Å². The Morgan fingerprint density at radius 1 is 1.05 bits per heavy atom. The third-order valence-electron chi connectivity index (χ3n) is 8.08. The molecule has 1 heterocycles. The molecule has 3 atom stereocenters. The maximum absolute atomic E-state index is 12.5. The lowest BCUT2D eigenvalue weighted by Crippen LogP contribution is -2.40. The highest BCUT2D eigenvalue weighted by atomic mass is 16.6. The molecule has 1 aromatic carbocycles. The van der Waals surface area contributed by atoms with Crippen LogP contribution < -0.4 is 0 Å². The fourth-order valence-electron chi connectivity index (χ4n) is 6.30. The predicted octanol–water partition coefficient (Wildman–Crippen LogP) is 7.41. The van der Waals surface area contributed by atoms with Crippen LogP contribution in [0.4, 0.5) is 0 Å². The minimum absolute atomic E-state index is 0.111. The molecule has 4 rings (SSSR count). The number of hydrogen-bond acceptors (Lipinski definition) is 4. The van der Waals surface area contributed by atoms with Crippen LogP contribution >= 0.6 is 0 Å². The van der Waals surface area contributed by atoms with Crippen molar-refractivity contribution in [2.75, 3.05) is 13.1 Å². The number of ether oxygens (including phenoxy) is 2. The van der Waals surface area contributed by atoms with Crippen molar-refractivity contribution in [1.29, 1.82) is 0 Å². The molecule has 4 nitrogen and oxygen atoms in total. The van der Waals surface area contributed by atoms with Crippen LogP contribution in [0.2, 0.25) is 0 Å². The summed E-state index contributed by atoms with van der Waals surface area (Å²) in [5, 5.41) is 0. The van der Waals surface area contributed by atoms with Gasteiger partial charge in [0.1, 0.15) is 5.60 Å². The molecule has 37 heavy (non-hydrogen) atoms. The summed E-state index contributed by atoms with van der Waals surface area (Å²) >= 11 is 0. The molecule has 1 aromatic rings. The van der Waals surface area contributed by atoms with Gasteiger partial charge in [0, 0.05) is 31.1 Å². The maximum atomic E-state index is 12.5. The smallest absolute Gasteiger partial charge is 0.331 e. The van der Waals surface area contributed by atoms with Crippen molar-refractivity contribution in [1.82, 2.24) is 4.90 Å². The van der Waals surface area contributed by atoms with Crippen molar-refractivity contribution in [2.24, 2.45) is 11.3 Å². The fraction of sp³-hybridized carbons (Fsp3) is 0.606. The SMILES string of the molecule is CC(C)(C)OC(=O)/C=C/C1=C(C2=C[C@H]3CC[C@H](OC(C)(C)C)[C@@]3(C)CC2)CCN(Cc2ccccc2)C1. The molecule has 202 valence electrons. The van der Waals surface area contributed by atoms with Crippen LogP contribution in [0.5, 0.6) is 0 Å². The summed E-state index contributed by atoms with van der Waals surface area (Å²) in [6, 6.07) is 10.7. The maximum Gasteiger partial charge on any atom is 0.331 e. The predicted molar refractivity (Wildman–Crippen MR) is 151 cm³/mol. The molecule has 0 amide bonds. The molecule has 2 aliphatic carbocycles. The van der Waals surface area contributed by atoms with Crippen LogP contribution in [-0.2, 0) is 20.8 Å². The molecule has 3 aliphatic rings. The highest BCUT2D eigenvalue weighted by molar-refractivity contribution is 5.83. The van der Waals surface area contributed by atoms with Crippen molar-refractivity contribution >= 4 is 5.97 Å². The monoisotopic (exact) mass is 505 g/mol. The quantitative estimate of drug-likeness (QED) is 0.298. The number of fused-ring (bicyclic) bond motifs is 1. The zero-order valence-corrected chi connectivity index (χ0v) is 24.1. The van der Waals surface area contributed by atoms with E-state index >= 15 is 0 Å². The van der Waals surface area contributed by atoms with Crippen LogP contribution in [0.3, 0.4) is 0 Å². The van der Waals surface area contributed by atoms with Gasteiger partial charge < -0.3 is 9.47 Å². The van der Waals surface area contributed by atoms with E-state index in [-0.39, 0.29) is 17.0 Å². The lowest BCUT2D eigenvalue weighted by atomic mass is 9.68. The van der Waals surface area contributed by atoms with E-state index in [1.54, 1.807) is 6.08 Å². The van der Waals surface area contributed by atoms with E-state index in [1.165, 1.54) is 28.7 Å². The molecular weight excluding hydrogens is 458 g/mol. The summed E-state index contributed by atoms with van der Waals surface area (Å²) < 4.78 is 12.1. The molecule has 0 saturated heterocycles. The molecule has 0 N–H and O–H groups in total. The summed E-state index contributed by atoms with van der Waals surface area (Å²) in [7, 11) is 0. The second-order valence-corrected chi connectivity index (χ2v) is 13.4. The van der Waals surface area contributed by atoms with E-state index in [4.69, 9.17) is 9.47 Å². The van der Waals surface area contributed by atoms with Gasteiger partial charge >= 0.3 is 5.97 Å². The molecule has 1 saturated carbocycles. The Balaban J connectivity index is 1.58. The number of nitrogens with zero attached hydrogens (tertiary/aromatic N) is 1. The van der Waals surface area contributed by atoms with Crippen LogP contribution in [0.25, 0.3) is 0 Å². The molecule has 1 fully saturated rings. The first-order valence-corrected chi connectivity index (χ1v) is 14.1. The number of esters is 1. The third-order valence-corrected chi connectivity index (χ3v) is 8.08. The van der Waals surface area contributed by atoms with Gasteiger partial charge in [-0.05, 0) is 102 Å². The summed E-state index contributed by atoms with van der Waals surface area (Å²) in [4.78, 5) is 15.0. The molecular formula is C33H47NO3. The second kappa shape index (κ2) is 10.9. The Kier molecular flexibility index (Phi) is 8.21. The van der Waals surface area contributed by atoms with E-state index < -0.39 is 5.60 Å². The van der Waals surface area contributed by atoms with Crippen molar-refractivity contribution < 1.29 is 14.3 Å². The molecule has 0 spiro atoms. The lowest BCUT2D eigenvalue weighted by Gasteiger charge is -2.42. The van der Waals surface area contributed by atoms with E-state index in [2.05, 4.69) is 69.0 Å². The molecule has 0 radical (unpaired) electrons. The summed E-state index contributed by atoms with van der Waals surface area (Å²) in [6.45, 7) is 17.5. The van der Waals surface area contributed by atoms with Crippen LogP contribution in [0.15, 0.2) is 65.3 Å². The van der Waals surface area contributed by atoms with Gasteiger partial charge in [0.25, 0.3) is 0 Å². The van der Waals surface area contributed by atoms with Gasteiger partial charge in [0.05, 0.1) is 11.7 Å².